The Labute approximate surface area is 171 Å². The summed E-state index contributed by atoms with van der Waals surface area (Å²) in [6, 6.07) is 10.8. The molecule has 11 heteroatoms. The van der Waals surface area contributed by atoms with Gasteiger partial charge < -0.3 is 24.8 Å². The van der Waals surface area contributed by atoms with E-state index in [0.29, 0.717) is 11.3 Å². The Balaban J connectivity index is 1.70. The SMILES string of the molecule is O=C(NN[C@@H](Cc1cccc(C(=O)O)c1O)B(O)O)c1cccc(-n2ccnc2)c1. The van der Waals surface area contributed by atoms with Gasteiger partial charge in [0, 0.05) is 23.6 Å². The number of aromatic carboxylic acids is 1. The van der Waals surface area contributed by atoms with Gasteiger partial charge in [-0.05, 0) is 36.2 Å². The molecule has 0 aliphatic carbocycles. The molecule has 30 heavy (non-hydrogen) atoms. The molecule has 1 amide bonds. The van der Waals surface area contributed by atoms with Gasteiger partial charge in [0.15, 0.2) is 0 Å². The Bertz CT molecular complexity index is 1040. The van der Waals surface area contributed by atoms with E-state index in [1.54, 1.807) is 47.6 Å². The number of amides is 1. The minimum Gasteiger partial charge on any atom is -0.507 e. The quantitative estimate of drug-likeness (QED) is 0.226. The molecule has 1 heterocycles. The van der Waals surface area contributed by atoms with Crippen LogP contribution >= 0.6 is 0 Å². The van der Waals surface area contributed by atoms with Crippen molar-refractivity contribution in [1.82, 2.24) is 20.4 Å². The maximum Gasteiger partial charge on any atom is 0.471 e. The van der Waals surface area contributed by atoms with E-state index in [-0.39, 0.29) is 17.5 Å². The van der Waals surface area contributed by atoms with Gasteiger partial charge in [0.1, 0.15) is 11.3 Å². The summed E-state index contributed by atoms with van der Waals surface area (Å²) in [7, 11) is -1.89. The van der Waals surface area contributed by atoms with Crippen molar-refractivity contribution in [1.29, 1.82) is 0 Å². The molecule has 0 aliphatic rings. The van der Waals surface area contributed by atoms with Crippen molar-refractivity contribution in [3.8, 4) is 11.4 Å². The fourth-order valence-corrected chi connectivity index (χ4v) is 2.85. The molecule has 1 atom stereocenters. The lowest BCUT2D eigenvalue weighted by atomic mass is 9.76. The molecule has 10 nitrogen and oxygen atoms in total. The molecular formula is C19H19BN4O6. The van der Waals surface area contributed by atoms with Crippen molar-refractivity contribution in [3.05, 3.63) is 77.9 Å². The number of nitrogens with zero attached hydrogens (tertiary/aromatic N) is 2. The molecule has 0 fully saturated rings. The molecule has 154 valence electrons. The number of nitrogens with one attached hydrogen (secondary N) is 2. The monoisotopic (exact) mass is 410 g/mol. The van der Waals surface area contributed by atoms with Crippen LogP contribution in [-0.4, -0.2) is 54.7 Å². The van der Waals surface area contributed by atoms with Crippen LogP contribution < -0.4 is 10.9 Å². The third kappa shape index (κ3) is 4.84. The number of aromatic hydroxyl groups is 1. The Morgan fingerprint density at radius 3 is 2.60 bits per heavy atom. The summed E-state index contributed by atoms with van der Waals surface area (Å²) in [5, 5.41) is 38.4. The topological polar surface area (TPSA) is 157 Å². The van der Waals surface area contributed by atoms with Crippen LogP contribution in [0.5, 0.6) is 5.75 Å². The number of carboxylic acids is 1. The molecule has 0 unspecified atom stereocenters. The van der Waals surface area contributed by atoms with Crippen molar-refractivity contribution in [2.75, 3.05) is 0 Å². The number of aromatic nitrogens is 2. The van der Waals surface area contributed by atoms with Gasteiger partial charge in [-0.2, -0.15) is 0 Å². The summed E-state index contributed by atoms with van der Waals surface area (Å²) < 4.78 is 1.72. The maximum atomic E-state index is 12.5. The predicted octanol–water partition coefficient (Wildman–Crippen LogP) is 0.134. The molecule has 3 rings (SSSR count). The molecule has 0 spiro atoms. The first kappa shape index (κ1) is 21.1. The molecule has 0 radical (unpaired) electrons. The third-order valence-electron chi connectivity index (χ3n) is 4.43. The van der Waals surface area contributed by atoms with Gasteiger partial charge >= 0.3 is 13.1 Å². The zero-order valence-electron chi connectivity index (χ0n) is 15.6. The molecule has 0 saturated carbocycles. The molecule has 0 aliphatic heterocycles. The molecule has 1 aromatic heterocycles. The zero-order valence-corrected chi connectivity index (χ0v) is 15.6. The van der Waals surface area contributed by atoms with Gasteiger partial charge in [-0.15, -0.1) is 0 Å². The van der Waals surface area contributed by atoms with Crippen molar-refractivity contribution >= 4 is 19.0 Å². The fourth-order valence-electron chi connectivity index (χ4n) is 2.85. The van der Waals surface area contributed by atoms with Crippen molar-refractivity contribution in [2.45, 2.75) is 12.4 Å². The van der Waals surface area contributed by atoms with Crippen LogP contribution in [0.4, 0.5) is 0 Å². The normalized spacial score (nSPS) is 11.7. The first-order valence-corrected chi connectivity index (χ1v) is 8.91. The smallest absolute Gasteiger partial charge is 0.471 e. The van der Waals surface area contributed by atoms with E-state index in [1.807, 2.05) is 0 Å². The number of phenols is 1. The highest BCUT2D eigenvalue weighted by Crippen LogP contribution is 2.23. The third-order valence-corrected chi connectivity index (χ3v) is 4.43. The molecule has 0 saturated heterocycles. The number of para-hydroxylation sites is 1. The van der Waals surface area contributed by atoms with Gasteiger partial charge in [-0.3, -0.25) is 10.2 Å². The van der Waals surface area contributed by atoms with Crippen LogP contribution in [0.2, 0.25) is 0 Å². The highest BCUT2D eigenvalue weighted by atomic mass is 16.4. The van der Waals surface area contributed by atoms with Crippen LogP contribution in [0.25, 0.3) is 5.69 Å². The zero-order chi connectivity index (χ0) is 21.7. The van der Waals surface area contributed by atoms with Crippen LogP contribution in [0.1, 0.15) is 26.3 Å². The average molecular weight is 410 g/mol. The van der Waals surface area contributed by atoms with Crippen LogP contribution in [0.15, 0.2) is 61.2 Å². The summed E-state index contributed by atoms with van der Waals surface area (Å²) >= 11 is 0. The van der Waals surface area contributed by atoms with Crippen LogP contribution in [-0.2, 0) is 6.42 Å². The lowest BCUT2D eigenvalue weighted by Crippen LogP contribution is -2.53. The Morgan fingerprint density at radius 1 is 1.17 bits per heavy atom. The molecule has 6 N–H and O–H groups in total. The summed E-state index contributed by atoms with van der Waals surface area (Å²) in [6.45, 7) is 0. The number of carboxylic acid groups (broad SMARTS) is 1. The number of hydrogen-bond acceptors (Lipinski definition) is 7. The second kappa shape index (κ2) is 9.22. The number of hydrazine groups is 1. The molecule has 2 aromatic carbocycles. The van der Waals surface area contributed by atoms with Crippen molar-refractivity contribution < 1.29 is 29.9 Å². The van der Waals surface area contributed by atoms with Gasteiger partial charge in [0.05, 0.1) is 12.3 Å². The minimum atomic E-state index is -1.89. The molecule has 3 aromatic rings. The van der Waals surface area contributed by atoms with Crippen molar-refractivity contribution in [2.24, 2.45) is 0 Å². The number of hydrogen-bond donors (Lipinski definition) is 6. The number of carbonyl (C=O) groups excluding carboxylic acids is 1. The van der Waals surface area contributed by atoms with Crippen molar-refractivity contribution in [3.63, 3.8) is 0 Å². The number of benzene rings is 2. The average Bonchev–Trinajstić information content (AvgIpc) is 3.26. The van der Waals surface area contributed by atoms with Gasteiger partial charge in [-0.1, -0.05) is 18.2 Å². The summed E-state index contributed by atoms with van der Waals surface area (Å²) in [5.41, 5.74) is 5.82. The summed E-state index contributed by atoms with van der Waals surface area (Å²) in [5.74, 6) is -3.42. The number of carbonyl (C=O) groups is 2. The molecular weight excluding hydrogens is 391 g/mol. The number of imidazole rings is 1. The van der Waals surface area contributed by atoms with Crippen LogP contribution in [0.3, 0.4) is 0 Å². The van der Waals surface area contributed by atoms with E-state index in [0.717, 1.165) is 0 Å². The van der Waals surface area contributed by atoms with E-state index in [1.165, 1.54) is 18.2 Å². The van der Waals surface area contributed by atoms with E-state index >= 15 is 0 Å². The second-order valence-corrected chi connectivity index (χ2v) is 6.46. The van der Waals surface area contributed by atoms with E-state index in [4.69, 9.17) is 5.11 Å². The lowest BCUT2D eigenvalue weighted by Gasteiger charge is -2.19. The standard InChI is InChI=1S/C19H19BN4O6/c25-17-12(3-2-6-15(17)19(27)28)10-16(20(29)30)22-23-18(26)13-4-1-5-14(9-13)24-8-7-21-11-24/h1-9,11,16,22,25,29-30H,10H2,(H,23,26)(H,27,28)/t16-/m0/s1. The minimum absolute atomic E-state index is 0.153. The number of rotatable bonds is 8. The predicted molar refractivity (Wildman–Crippen MR) is 107 cm³/mol. The summed E-state index contributed by atoms with van der Waals surface area (Å²) in [6.07, 6.45) is 4.77. The Hall–Kier alpha value is -3.67. The summed E-state index contributed by atoms with van der Waals surface area (Å²) in [4.78, 5) is 27.6. The van der Waals surface area contributed by atoms with E-state index < -0.39 is 30.7 Å². The van der Waals surface area contributed by atoms with Gasteiger partial charge in [0.2, 0.25) is 0 Å². The van der Waals surface area contributed by atoms with Gasteiger partial charge in [-0.25, -0.2) is 15.2 Å². The highest BCUT2D eigenvalue weighted by molar-refractivity contribution is 6.43. The van der Waals surface area contributed by atoms with E-state index in [2.05, 4.69) is 15.8 Å². The largest absolute Gasteiger partial charge is 0.507 e. The Morgan fingerprint density at radius 2 is 1.93 bits per heavy atom. The first-order valence-electron chi connectivity index (χ1n) is 8.91. The molecule has 0 bridgehead atoms. The fraction of sp³-hybridized carbons (Fsp3) is 0.105. The lowest BCUT2D eigenvalue weighted by molar-refractivity contribution is 0.0693. The maximum absolute atomic E-state index is 12.5. The first-order chi connectivity index (χ1) is 14.4. The van der Waals surface area contributed by atoms with Gasteiger partial charge in [0.25, 0.3) is 5.91 Å². The van der Waals surface area contributed by atoms with Crippen LogP contribution in [0, 0.1) is 0 Å². The Kier molecular flexibility index (Phi) is 6.47. The highest BCUT2D eigenvalue weighted by Gasteiger charge is 2.26. The second-order valence-electron chi connectivity index (χ2n) is 6.46. The van der Waals surface area contributed by atoms with E-state index in [9.17, 15) is 24.7 Å².